The molecule has 6 heteroatoms. The topological polar surface area (TPSA) is 38.3 Å². The lowest BCUT2D eigenvalue weighted by Crippen LogP contribution is -2.49. The Labute approximate surface area is 138 Å². The molecule has 2 aliphatic heterocycles. The molecule has 4 atom stereocenters. The molecule has 2 unspecified atom stereocenters. The molecule has 1 amide bonds. The first kappa shape index (κ1) is 15.8. The Morgan fingerprint density at radius 2 is 1.92 bits per heavy atom. The Morgan fingerprint density at radius 3 is 2.50 bits per heavy atom. The summed E-state index contributed by atoms with van der Waals surface area (Å²) in [6.07, 6.45) is -3.29. The van der Waals surface area contributed by atoms with Crippen LogP contribution in [0.3, 0.4) is 0 Å². The molecule has 0 bridgehead atoms. The summed E-state index contributed by atoms with van der Waals surface area (Å²) in [6, 6.07) is 3.17. The fourth-order valence-electron chi connectivity index (χ4n) is 4.48. The van der Waals surface area contributed by atoms with Gasteiger partial charge >= 0.3 is 6.18 Å². The van der Waals surface area contributed by atoms with Crippen LogP contribution in [0.2, 0.25) is 0 Å². The first-order valence-corrected chi connectivity index (χ1v) is 8.21. The molecule has 1 aliphatic carbocycles. The van der Waals surface area contributed by atoms with Crippen molar-refractivity contribution in [1.29, 1.82) is 0 Å². The Hall–Kier alpha value is -1.72. The van der Waals surface area contributed by atoms with Crippen molar-refractivity contribution in [1.82, 2.24) is 5.32 Å². The monoisotopic (exact) mass is 339 g/mol. The number of benzene rings is 1. The summed E-state index contributed by atoms with van der Waals surface area (Å²) in [5, 5.41) is 3.00. The van der Waals surface area contributed by atoms with E-state index in [1.165, 1.54) is 6.07 Å². The number of amides is 1. The molecule has 1 spiro atoms. The Balaban J connectivity index is 1.62. The summed E-state index contributed by atoms with van der Waals surface area (Å²) in [7, 11) is 0. The van der Waals surface area contributed by atoms with E-state index in [1.54, 1.807) is 0 Å². The molecule has 3 nitrogen and oxygen atoms in total. The minimum absolute atomic E-state index is 0.0139. The maximum absolute atomic E-state index is 12.9. The molecule has 4 rings (SSSR count). The predicted octanol–water partition coefficient (Wildman–Crippen LogP) is 4.08. The van der Waals surface area contributed by atoms with Crippen LogP contribution in [0.25, 0.3) is 0 Å². The van der Waals surface area contributed by atoms with Crippen LogP contribution in [0.15, 0.2) is 18.2 Å². The number of hydrogen-bond acceptors (Lipinski definition) is 2. The van der Waals surface area contributed by atoms with Gasteiger partial charge in [-0.3, -0.25) is 4.79 Å². The van der Waals surface area contributed by atoms with Gasteiger partial charge in [-0.2, -0.15) is 13.2 Å². The third kappa shape index (κ3) is 2.15. The smallest absolute Gasteiger partial charge is 0.416 e. The van der Waals surface area contributed by atoms with Crippen molar-refractivity contribution in [3.05, 3.63) is 29.3 Å². The van der Waals surface area contributed by atoms with E-state index in [4.69, 9.17) is 4.74 Å². The van der Waals surface area contributed by atoms with Crippen LogP contribution in [0.4, 0.5) is 13.2 Å². The van der Waals surface area contributed by atoms with E-state index >= 15 is 0 Å². The van der Waals surface area contributed by atoms with Crippen LogP contribution >= 0.6 is 0 Å². The third-order valence-electron chi connectivity index (χ3n) is 5.75. The zero-order chi connectivity index (χ0) is 17.5. The summed E-state index contributed by atoms with van der Waals surface area (Å²) in [4.78, 5) is 12.7. The lowest BCUT2D eigenvalue weighted by Gasteiger charge is -2.34. The maximum atomic E-state index is 12.9. The number of rotatable bonds is 0. The number of carbonyl (C=O) groups excluding carboxylic acids is 1. The molecule has 130 valence electrons. The van der Waals surface area contributed by atoms with Crippen LogP contribution in [-0.2, 0) is 11.0 Å². The highest BCUT2D eigenvalue weighted by molar-refractivity contribution is 5.88. The fourth-order valence-corrected chi connectivity index (χ4v) is 4.48. The first-order valence-electron chi connectivity index (χ1n) is 8.21. The molecular formula is C18H20F3NO2. The van der Waals surface area contributed by atoms with Crippen molar-refractivity contribution in [2.45, 2.75) is 51.9 Å². The Bertz CT molecular complexity index is 722. The lowest BCUT2D eigenvalue weighted by molar-refractivity contribution is -0.137. The second-order valence-electron chi connectivity index (χ2n) is 8.34. The lowest BCUT2D eigenvalue weighted by atomic mass is 9.78. The van der Waals surface area contributed by atoms with Crippen molar-refractivity contribution in [3.8, 4) is 5.75 Å². The maximum Gasteiger partial charge on any atom is 0.416 e. The van der Waals surface area contributed by atoms with Crippen molar-refractivity contribution in [2.75, 3.05) is 0 Å². The van der Waals surface area contributed by atoms with Gasteiger partial charge in [-0.05, 0) is 29.9 Å². The van der Waals surface area contributed by atoms with E-state index in [2.05, 4.69) is 26.1 Å². The molecule has 2 heterocycles. The van der Waals surface area contributed by atoms with E-state index < -0.39 is 17.2 Å². The number of ether oxygens (including phenoxy) is 1. The molecule has 1 N–H and O–H groups in total. The standard InChI is InChI=1S/C18H20F3NO2/c1-16(2,3)13-8-17(13)7-12-14(22-15(17)23)10-5-4-9(18(19,20)21)6-11(10)24-12/h4-6,12-14H,7-8H2,1-3H3,(H,22,23)/t12-,13?,14-,17?/m0/s1. The number of halogens is 3. The van der Waals surface area contributed by atoms with Crippen LogP contribution in [0.5, 0.6) is 5.75 Å². The molecule has 0 aromatic heterocycles. The third-order valence-corrected chi connectivity index (χ3v) is 5.75. The highest BCUT2D eigenvalue weighted by atomic mass is 19.4. The van der Waals surface area contributed by atoms with Crippen LogP contribution in [0, 0.1) is 16.7 Å². The predicted molar refractivity (Wildman–Crippen MR) is 81.4 cm³/mol. The Kier molecular flexibility index (Phi) is 2.94. The molecule has 1 saturated heterocycles. The van der Waals surface area contributed by atoms with Gasteiger partial charge in [0.2, 0.25) is 5.91 Å². The summed E-state index contributed by atoms with van der Waals surface area (Å²) in [6.45, 7) is 6.35. The van der Waals surface area contributed by atoms with Crippen molar-refractivity contribution < 1.29 is 22.7 Å². The van der Waals surface area contributed by atoms with E-state index in [9.17, 15) is 18.0 Å². The van der Waals surface area contributed by atoms with Crippen molar-refractivity contribution in [2.24, 2.45) is 16.7 Å². The molecule has 2 fully saturated rings. The summed E-state index contributed by atoms with van der Waals surface area (Å²) in [5.74, 6) is 0.536. The van der Waals surface area contributed by atoms with E-state index in [-0.39, 0.29) is 35.1 Å². The quantitative estimate of drug-likeness (QED) is 0.773. The van der Waals surface area contributed by atoms with E-state index in [0.717, 1.165) is 18.6 Å². The normalized spacial score (nSPS) is 34.4. The minimum Gasteiger partial charge on any atom is -0.487 e. The van der Waals surface area contributed by atoms with Crippen molar-refractivity contribution in [3.63, 3.8) is 0 Å². The van der Waals surface area contributed by atoms with Gasteiger partial charge in [0.15, 0.2) is 0 Å². The molecule has 1 aromatic carbocycles. The summed E-state index contributed by atoms with van der Waals surface area (Å²) in [5.41, 5.74) is -0.475. The van der Waals surface area contributed by atoms with Crippen LogP contribution < -0.4 is 10.1 Å². The van der Waals surface area contributed by atoms with Gasteiger partial charge in [0.1, 0.15) is 11.9 Å². The van der Waals surface area contributed by atoms with E-state index in [1.807, 2.05) is 0 Å². The highest BCUT2D eigenvalue weighted by Gasteiger charge is 2.67. The van der Waals surface area contributed by atoms with Gasteiger partial charge in [0.05, 0.1) is 17.0 Å². The zero-order valence-corrected chi connectivity index (χ0v) is 13.8. The molecule has 24 heavy (non-hydrogen) atoms. The average Bonchev–Trinajstić information content (AvgIpc) is 3.08. The highest BCUT2D eigenvalue weighted by Crippen LogP contribution is 2.66. The SMILES string of the molecule is CC(C)(C)C1CC12C[C@@H]1Oc3cc(C(F)(F)F)ccc3[C@@H]1NC2=O. The average molecular weight is 339 g/mol. The number of carbonyl (C=O) groups is 1. The van der Waals surface area contributed by atoms with Crippen LogP contribution in [0.1, 0.15) is 50.8 Å². The second-order valence-corrected chi connectivity index (χ2v) is 8.34. The minimum atomic E-state index is -4.40. The van der Waals surface area contributed by atoms with Crippen molar-refractivity contribution >= 4 is 5.91 Å². The zero-order valence-electron chi connectivity index (χ0n) is 13.8. The first-order chi connectivity index (χ1) is 11.0. The summed E-state index contributed by atoms with van der Waals surface area (Å²) >= 11 is 0. The fraction of sp³-hybridized carbons (Fsp3) is 0.611. The van der Waals surface area contributed by atoms with Gasteiger partial charge in [-0.1, -0.05) is 26.8 Å². The van der Waals surface area contributed by atoms with Crippen LogP contribution in [-0.4, -0.2) is 12.0 Å². The Morgan fingerprint density at radius 1 is 1.21 bits per heavy atom. The number of piperidine rings is 1. The van der Waals surface area contributed by atoms with Gasteiger partial charge in [0.25, 0.3) is 0 Å². The van der Waals surface area contributed by atoms with Gasteiger partial charge in [0, 0.05) is 12.0 Å². The molecular weight excluding hydrogens is 319 g/mol. The number of nitrogens with one attached hydrogen (secondary N) is 1. The largest absolute Gasteiger partial charge is 0.487 e. The van der Waals surface area contributed by atoms with Gasteiger partial charge in [-0.15, -0.1) is 0 Å². The number of fused-ring (bicyclic) bond motifs is 3. The second kappa shape index (κ2) is 4.46. The molecule has 0 radical (unpaired) electrons. The van der Waals surface area contributed by atoms with Gasteiger partial charge < -0.3 is 10.1 Å². The van der Waals surface area contributed by atoms with E-state index in [0.29, 0.717) is 12.0 Å². The number of hydrogen-bond donors (Lipinski definition) is 1. The van der Waals surface area contributed by atoms with Gasteiger partial charge in [-0.25, -0.2) is 0 Å². The number of alkyl halides is 3. The molecule has 3 aliphatic rings. The summed E-state index contributed by atoms with van der Waals surface area (Å²) < 4.78 is 44.5. The molecule has 1 aromatic rings. The molecule has 1 saturated carbocycles.